The standard InChI is InChI=1S/C22H39N5OS.HI/c1-6-23-21(24-16-22(4,5)27-14-17(2)28-18(3)15-27)25-19-9-11-26(12-10-19)20-8-7-13-29-20;/h7-8,13,17-19H,6,9-12,14-16H2,1-5H3,(H2,23,24,25);1H. The number of rotatable bonds is 6. The Bertz CT molecular complexity index is 636. The molecule has 3 heterocycles. The quantitative estimate of drug-likeness (QED) is 0.322. The van der Waals surface area contributed by atoms with Crippen molar-refractivity contribution in [3.05, 3.63) is 17.5 Å². The summed E-state index contributed by atoms with van der Waals surface area (Å²) in [6, 6.07) is 4.84. The van der Waals surface area contributed by atoms with E-state index in [0.29, 0.717) is 6.04 Å². The minimum Gasteiger partial charge on any atom is -0.373 e. The lowest BCUT2D eigenvalue weighted by atomic mass is 10.0. The maximum atomic E-state index is 5.91. The van der Waals surface area contributed by atoms with Crippen LogP contribution in [0.1, 0.15) is 47.5 Å². The average molecular weight is 550 g/mol. The third-order valence-corrected chi connectivity index (χ3v) is 6.83. The summed E-state index contributed by atoms with van der Waals surface area (Å²) in [5.41, 5.74) is 0.0111. The monoisotopic (exact) mass is 549 g/mol. The van der Waals surface area contributed by atoms with Crippen LogP contribution in [0.25, 0.3) is 0 Å². The molecule has 0 aromatic carbocycles. The van der Waals surface area contributed by atoms with E-state index in [2.05, 4.69) is 72.6 Å². The van der Waals surface area contributed by atoms with Crippen molar-refractivity contribution < 1.29 is 4.74 Å². The molecule has 2 aliphatic heterocycles. The van der Waals surface area contributed by atoms with Gasteiger partial charge in [0.15, 0.2) is 5.96 Å². The van der Waals surface area contributed by atoms with Crippen molar-refractivity contribution in [1.29, 1.82) is 0 Å². The molecule has 6 nitrogen and oxygen atoms in total. The predicted octanol–water partition coefficient (Wildman–Crippen LogP) is 3.78. The normalized spacial score (nSPS) is 24.4. The largest absolute Gasteiger partial charge is 0.373 e. The molecule has 0 spiro atoms. The van der Waals surface area contributed by atoms with Gasteiger partial charge in [-0.05, 0) is 65.0 Å². The second-order valence-corrected chi connectivity index (χ2v) is 9.95. The summed E-state index contributed by atoms with van der Waals surface area (Å²) in [4.78, 5) is 10.00. The number of nitrogens with one attached hydrogen (secondary N) is 2. The van der Waals surface area contributed by atoms with E-state index >= 15 is 0 Å². The SMILES string of the molecule is CCNC(=NCC(C)(C)N1CC(C)OC(C)C1)NC1CCN(c2cccs2)CC1.I. The molecule has 0 amide bonds. The van der Waals surface area contributed by atoms with E-state index < -0.39 is 0 Å². The summed E-state index contributed by atoms with van der Waals surface area (Å²) < 4.78 is 5.91. The van der Waals surface area contributed by atoms with E-state index in [4.69, 9.17) is 9.73 Å². The Morgan fingerprint density at radius 3 is 2.47 bits per heavy atom. The molecule has 2 N–H and O–H groups in total. The van der Waals surface area contributed by atoms with Gasteiger partial charge in [-0.3, -0.25) is 9.89 Å². The maximum absolute atomic E-state index is 5.91. The first-order chi connectivity index (χ1) is 13.9. The average Bonchev–Trinajstić information content (AvgIpc) is 3.21. The van der Waals surface area contributed by atoms with Gasteiger partial charge in [0.1, 0.15) is 0 Å². The van der Waals surface area contributed by atoms with Crippen LogP contribution in [-0.4, -0.2) is 73.9 Å². The molecule has 1 aromatic heterocycles. The summed E-state index contributed by atoms with van der Waals surface area (Å²) in [6.45, 7) is 16.9. The van der Waals surface area contributed by atoms with Crippen LogP contribution >= 0.6 is 35.3 Å². The second kappa shape index (κ2) is 11.9. The third kappa shape index (κ3) is 7.24. The molecule has 0 saturated carbocycles. The number of guanidine groups is 1. The first-order valence-corrected chi connectivity index (χ1v) is 12.0. The fourth-order valence-electron chi connectivity index (χ4n) is 4.25. The number of ether oxygens (including phenoxy) is 1. The minimum absolute atomic E-state index is 0. The van der Waals surface area contributed by atoms with Gasteiger partial charge in [0.05, 0.1) is 23.8 Å². The zero-order valence-electron chi connectivity index (χ0n) is 19.2. The van der Waals surface area contributed by atoms with Crippen LogP contribution in [0, 0.1) is 0 Å². The van der Waals surface area contributed by atoms with Crippen molar-refractivity contribution in [1.82, 2.24) is 15.5 Å². The first kappa shape index (κ1) is 25.7. The number of morpholine rings is 1. The molecule has 2 atom stereocenters. The molecule has 0 radical (unpaired) electrons. The van der Waals surface area contributed by atoms with Crippen LogP contribution in [0.4, 0.5) is 5.00 Å². The molecule has 2 aliphatic rings. The topological polar surface area (TPSA) is 52.1 Å². The number of nitrogens with zero attached hydrogens (tertiary/aromatic N) is 3. The number of hydrogen-bond donors (Lipinski definition) is 2. The van der Waals surface area contributed by atoms with Gasteiger partial charge in [-0.25, -0.2) is 0 Å². The highest BCUT2D eigenvalue weighted by Gasteiger charge is 2.33. The summed E-state index contributed by atoms with van der Waals surface area (Å²) >= 11 is 1.83. The molecule has 1 aromatic rings. The zero-order chi connectivity index (χ0) is 20.9. The Balaban J connectivity index is 0.00000320. The smallest absolute Gasteiger partial charge is 0.191 e. The second-order valence-electron chi connectivity index (χ2n) is 9.03. The number of halogens is 1. The number of thiophene rings is 1. The van der Waals surface area contributed by atoms with Gasteiger partial charge in [0, 0.05) is 44.3 Å². The van der Waals surface area contributed by atoms with Crippen molar-refractivity contribution >= 4 is 46.3 Å². The zero-order valence-corrected chi connectivity index (χ0v) is 22.3. The van der Waals surface area contributed by atoms with Gasteiger partial charge in [0.25, 0.3) is 0 Å². The molecule has 172 valence electrons. The number of anilines is 1. The van der Waals surface area contributed by atoms with Crippen LogP contribution in [0.2, 0.25) is 0 Å². The Morgan fingerprint density at radius 1 is 1.23 bits per heavy atom. The highest BCUT2D eigenvalue weighted by Crippen LogP contribution is 2.25. The van der Waals surface area contributed by atoms with E-state index in [-0.39, 0.29) is 41.7 Å². The van der Waals surface area contributed by atoms with Crippen molar-refractivity contribution in [2.75, 3.05) is 44.2 Å². The van der Waals surface area contributed by atoms with Gasteiger partial charge < -0.3 is 20.3 Å². The van der Waals surface area contributed by atoms with Gasteiger partial charge >= 0.3 is 0 Å². The molecule has 8 heteroatoms. The third-order valence-electron chi connectivity index (χ3n) is 5.90. The summed E-state index contributed by atoms with van der Waals surface area (Å²) in [5.74, 6) is 0.949. The van der Waals surface area contributed by atoms with Crippen LogP contribution in [-0.2, 0) is 4.74 Å². The van der Waals surface area contributed by atoms with E-state index in [0.717, 1.165) is 58.1 Å². The molecular formula is C22H40IN5OS. The summed E-state index contributed by atoms with van der Waals surface area (Å²) in [7, 11) is 0. The molecule has 0 bridgehead atoms. The summed E-state index contributed by atoms with van der Waals surface area (Å²) in [6.07, 6.45) is 2.85. The lowest BCUT2D eigenvalue weighted by molar-refractivity contribution is -0.0939. The highest BCUT2D eigenvalue weighted by atomic mass is 127. The van der Waals surface area contributed by atoms with E-state index in [1.165, 1.54) is 5.00 Å². The van der Waals surface area contributed by atoms with Crippen molar-refractivity contribution in [3.63, 3.8) is 0 Å². The van der Waals surface area contributed by atoms with Crippen LogP contribution in [0.5, 0.6) is 0 Å². The Kier molecular flexibility index (Phi) is 10.2. The minimum atomic E-state index is 0. The van der Waals surface area contributed by atoms with Crippen LogP contribution < -0.4 is 15.5 Å². The van der Waals surface area contributed by atoms with Crippen molar-refractivity contribution in [3.8, 4) is 0 Å². The van der Waals surface area contributed by atoms with Crippen LogP contribution in [0.3, 0.4) is 0 Å². The predicted molar refractivity (Wildman–Crippen MR) is 140 cm³/mol. The van der Waals surface area contributed by atoms with Gasteiger partial charge in [-0.15, -0.1) is 35.3 Å². The molecule has 0 aliphatic carbocycles. The molecule has 2 unspecified atom stereocenters. The Hall–Kier alpha value is -0.580. The number of piperidine rings is 1. The molecule has 3 rings (SSSR count). The van der Waals surface area contributed by atoms with E-state index in [9.17, 15) is 0 Å². The number of aliphatic imine (C=N–C) groups is 1. The lowest BCUT2D eigenvalue weighted by Crippen LogP contribution is -2.56. The molecule has 2 fully saturated rings. The van der Waals surface area contributed by atoms with Gasteiger partial charge in [0.2, 0.25) is 0 Å². The molecular weight excluding hydrogens is 509 g/mol. The number of hydrogen-bond acceptors (Lipinski definition) is 5. The van der Waals surface area contributed by atoms with Crippen molar-refractivity contribution in [2.45, 2.75) is 71.2 Å². The first-order valence-electron chi connectivity index (χ1n) is 11.1. The highest BCUT2D eigenvalue weighted by molar-refractivity contribution is 14.0. The fraction of sp³-hybridized carbons (Fsp3) is 0.773. The van der Waals surface area contributed by atoms with E-state index in [1.807, 2.05) is 11.3 Å². The lowest BCUT2D eigenvalue weighted by Gasteiger charge is -2.44. The molecule has 30 heavy (non-hydrogen) atoms. The van der Waals surface area contributed by atoms with Gasteiger partial charge in [-0.1, -0.05) is 0 Å². The van der Waals surface area contributed by atoms with Crippen molar-refractivity contribution in [2.24, 2.45) is 4.99 Å². The van der Waals surface area contributed by atoms with E-state index in [1.54, 1.807) is 0 Å². The fourth-order valence-corrected chi connectivity index (χ4v) is 5.04. The Morgan fingerprint density at radius 2 is 1.90 bits per heavy atom. The Labute approximate surface area is 203 Å². The van der Waals surface area contributed by atoms with Crippen LogP contribution in [0.15, 0.2) is 22.5 Å². The maximum Gasteiger partial charge on any atom is 0.191 e. The summed E-state index contributed by atoms with van der Waals surface area (Å²) in [5, 5.41) is 10.7. The van der Waals surface area contributed by atoms with Gasteiger partial charge in [-0.2, -0.15) is 0 Å². The molecule has 2 saturated heterocycles.